The Morgan fingerprint density at radius 3 is 2.78 bits per heavy atom. The Morgan fingerprint density at radius 2 is 2.13 bits per heavy atom. The fourth-order valence-electron chi connectivity index (χ4n) is 2.59. The summed E-state index contributed by atoms with van der Waals surface area (Å²) in [5.41, 5.74) is 1.11. The largest absolute Gasteiger partial charge is 0.381 e. The minimum atomic E-state index is 0.241. The summed E-state index contributed by atoms with van der Waals surface area (Å²) in [6.07, 6.45) is 4.34. The van der Waals surface area contributed by atoms with Crippen LogP contribution in [0.5, 0.6) is 0 Å². The average Bonchev–Trinajstić information content (AvgIpc) is 2.58. The maximum atomic E-state index is 6.03. The van der Waals surface area contributed by atoms with Gasteiger partial charge in [0.05, 0.1) is 6.54 Å². The molecule has 0 saturated carbocycles. The van der Waals surface area contributed by atoms with Gasteiger partial charge in [0, 0.05) is 36.1 Å². The average molecular weight is 356 g/mol. The third-order valence-corrected chi connectivity index (χ3v) is 5.72. The van der Waals surface area contributed by atoms with Crippen molar-refractivity contribution < 1.29 is 4.74 Å². The van der Waals surface area contributed by atoms with Gasteiger partial charge in [-0.1, -0.05) is 23.7 Å². The van der Waals surface area contributed by atoms with Gasteiger partial charge in [0.2, 0.25) is 0 Å². The maximum Gasteiger partial charge on any atom is 0.191 e. The molecule has 2 N–H and O–H groups in total. The van der Waals surface area contributed by atoms with Gasteiger partial charge >= 0.3 is 0 Å². The highest BCUT2D eigenvalue weighted by atomic mass is 35.5. The molecule has 0 atom stereocenters. The van der Waals surface area contributed by atoms with E-state index in [0.717, 1.165) is 55.7 Å². The lowest BCUT2D eigenvalue weighted by Gasteiger charge is -2.36. The number of hydrogen-bond donors (Lipinski definition) is 2. The molecule has 1 heterocycles. The summed E-state index contributed by atoms with van der Waals surface area (Å²) < 4.78 is 5.74. The fourth-order valence-corrected chi connectivity index (χ4v) is 3.59. The molecule has 128 valence electrons. The molecule has 1 aromatic rings. The van der Waals surface area contributed by atoms with Crippen LogP contribution in [0.2, 0.25) is 5.02 Å². The van der Waals surface area contributed by atoms with Crippen molar-refractivity contribution in [1.82, 2.24) is 10.6 Å². The molecule has 0 spiro atoms. The van der Waals surface area contributed by atoms with Crippen molar-refractivity contribution >= 4 is 29.3 Å². The number of aliphatic imine (C=N–C) groups is 1. The normalized spacial score (nSPS) is 17.8. The number of nitrogens with one attached hydrogen (secondary N) is 2. The molecule has 0 aliphatic carbocycles. The van der Waals surface area contributed by atoms with Crippen LogP contribution in [-0.2, 0) is 11.3 Å². The second-order valence-electron chi connectivity index (χ2n) is 5.68. The van der Waals surface area contributed by atoms with Crippen LogP contribution in [-0.4, -0.2) is 43.3 Å². The number of ether oxygens (including phenoxy) is 1. The lowest BCUT2D eigenvalue weighted by atomic mass is 9.99. The van der Waals surface area contributed by atoms with Crippen LogP contribution < -0.4 is 10.6 Å². The van der Waals surface area contributed by atoms with Gasteiger partial charge in [-0.2, -0.15) is 11.8 Å². The van der Waals surface area contributed by atoms with E-state index in [4.69, 9.17) is 16.3 Å². The summed E-state index contributed by atoms with van der Waals surface area (Å²) in [6.45, 7) is 6.13. The van der Waals surface area contributed by atoms with Gasteiger partial charge in [0.1, 0.15) is 0 Å². The van der Waals surface area contributed by atoms with E-state index in [1.54, 1.807) is 0 Å². The standard InChI is InChI=1S/C17H26ClN3OS/c1-3-19-16(20-12-14-5-4-6-15(18)11-14)21-13-17(23-2)7-9-22-10-8-17/h4-6,11H,3,7-10,12-13H2,1-2H3,(H2,19,20,21). The number of nitrogens with zero attached hydrogens (tertiary/aromatic N) is 1. The van der Waals surface area contributed by atoms with Crippen LogP contribution in [0.1, 0.15) is 25.3 Å². The minimum Gasteiger partial charge on any atom is -0.381 e. The third-order valence-electron chi connectivity index (χ3n) is 4.07. The van der Waals surface area contributed by atoms with Crippen LogP contribution in [0.3, 0.4) is 0 Å². The number of guanidine groups is 1. The first kappa shape index (κ1) is 18.4. The first-order valence-electron chi connectivity index (χ1n) is 8.07. The third kappa shape index (κ3) is 5.90. The van der Waals surface area contributed by atoms with Crippen molar-refractivity contribution in [2.75, 3.05) is 32.6 Å². The Balaban J connectivity index is 1.95. The Kier molecular flexibility index (Phi) is 7.53. The summed E-state index contributed by atoms with van der Waals surface area (Å²) in [4.78, 5) is 4.67. The van der Waals surface area contributed by atoms with Crippen molar-refractivity contribution in [3.05, 3.63) is 34.9 Å². The van der Waals surface area contributed by atoms with Gasteiger partial charge in [0.15, 0.2) is 5.96 Å². The van der Waals surface area contributed by atoms with Crippen molar-refractivity contribution in [2.24, 2.45) is 4.99 Å². The minimum absolute atomic E-state index is 0.241. The molecule has 1 fully saturated rings. The van der Waals surface area contributed by atoms with Gasteiger partial charge in [-0.05, 0) is 43.7 Å². The van der Waals surface area contributed by atoms with Crippen molar-refractivity contribution in [3.63, 3.8) is 0 Å². The zero-order valence-electron chi connectivity index (χ0n) is 13.9. The van der Waals surface area contributed by atoms with Gasteiger partial charge in [-0.25, -0.2) is 4.99 Å². The first-order chi connectivity index (χ1) is 11.2. The van der Waals surface area contributed by atoms with Crippen LogP contribution >= 0.6 is 23.4 Å². The van der Waals surface area contributed by atoms with E-state index >= 15 is 0 Å². The van der Waals surface area contributed by atoms with Crippen molar-refractivity contribution in [3.8, 4) is 0 Å². The molecule has 6 heteroatoms. The molecule has 1 aliphatic rings. The Labute approximate surface area is 148 Å². The second kappa shape index (κ2) is 9.40. The molecule has 0 unspecified atom stereocenters. The number of rotatable bonds is 6. The molecule has 0 radical (unpaired) electrons. The van der Waals surface area contributed by atoms with Gasteiger partial charge < -0.3 is 15.4 Å². The highest BCUT2D eigenvalue weighted by molar-refractivity contribution is 8.00. The number of hydrogen-bond acceptors (Lipinski definition) is 3. The SMILES string of the molecule is CCNC(=NCc1cccc(Cl)c1)NCC1(SC)CCOCC1. The highest BCUT2D eigenvalue weighted by Gasteiger charge is 2.31. The van der Waals surface area contributed by atoms with Crippen LogP contribution in [0, 0.1) is 0 Å². The van der Waals surface area contributed by atoms with Crippen LogP contribution in [0.4, 0.5) is 0 Å². The molecular weight excluding hydrogens is 330 g/mol. The van der Waals surface area contributed by atoms with Crippen molar-refractivity contribution in [2.45, 2.75) is 31.1 Å². The Hall–Kier alpha value is -0.910. The van der Waals surface area contributed by atoms with E-state index in [1.165, 1.54) is 0 Å². The number of thioether (sulfide) groups is 1. The maximum absolute atomic E-state index is 6.03. The van der Waals surface area contributed by atoms with E-state index in [0.29, 0.717) is 6.54 Å². The molecule has 4 nitrogen and oxygen atoms in total. The second-order valence-corrected chi connectivity index (χ2v) is 7.39. The van der Waals surface area contributed by atoms with E-state index in [9.17, 15) is 0 Å². The summed E-state index contributed by atoms with van der Waals surface area (Å²) in [7, 11) is 0. The Morgan fingerprint density at radius 1 is 1.35 bits per heavy atom. The van der Waals surface area contributed by atoms with Gasteiger partial charge in [-0.15, -0.1) is 0 Å². The topological polar surface area (TPSA) is 45.7 Å². The molecule has 0 amide bonds. The quantitative estimate of drug-likeness (QED) is 0.607. The van der Waals surface area contributed by atoms with E-state index in [1.807, 2.05) is 36.0 Å². The number of halogens is 1. The van der Waals surface area contributed by atoms with Crippen LogP contribution in [0.15, 0.2) is 29.3 Å². The Bertz CT molecular complexity index is 518. The van der Waals surface area contributed by atoms with E-state index < -0.39 is 0 Å². The molecule has 2 rings (SSSR count). The molecule has 0 aromatic heterocycles. The molecule has 1 saturated heterocycles. The molecule has 1 aliphatic heterocycles. The van der Waals surface area contributed by atoms with Crippen molar-refractivity contribution in [1.29, 1.82) is 0 Å². The molecule has 1 aromatic carbocycles. The first-order valence-corrected chi connectivity index (χ1v) is 9.67. The molecule has 0 bridgehead atoms. The zero-order valence-corrected chi connectivity index (χ0v) is 15.5. The summed E-state index contributed by atoms with van der Waals surface area (Å²) >= 11 is 7.95. The van der Waals surface area contributed by atoms with Gasteiger partial charge in [0.25, 0.3) is 0 Å². The molecular formula is C17H26ClN3OS. The lowest BCUT2D eigenvalue weighted by molar-refractivity contribution is 0.0783. The predicted molar refractivity (Wildman–Crippen MR) is 101 cm³/mol. The zero-order chi connectivity index (χ0) is 16.5. The van der Waals surface area contributed by atoms with Gasteiger partial charge in [-0.3, -0.25) is 0 Å². The summed E-state index contributed by atoms with van der Waals surface area (Å²) in [5, 5.41) is 7.56. The van der Waals surface area contributed by atoms with E-state index in [2.05, 4.69) is 28.8 Å². The lowest BCUT2D eigenvalue weighted by Crippen LogP contribution is -2.47. The fraction of sp³-hybridized carbons (Fsp3) is 0.588. The summed E-state index contributed by atoms with van der Waals surface area (Å²) in [6, 6.07) is 7.83. The predicted octanol–water partition coefficient (Wildman–Crippen LogP) is 3.31. The van der Waals surface area contributed by atoms with E-state index in [-0.39, 0.29) is 4.75 Å². The molecule has 23 heavy (non-hydrogen) atoms. The van der Waals surface area contributed by atoms with Crippen LogP contribution in [0.25, 0.3) is 0 Å². The highest BCUT2D eigenvalue weighted by Crippen LogP contribution is 2.32. The number of benzene rings is 1. The smallest absolute Gasteiger partial charge is 0.191 e. The monoisotopic (exact) mass is 355 g/mol. The summed E-state index contributed by atoms with van der Waals surface area (Å²) in [5.74, 6) is 0.854.